The van der Waals surface area contributed by atoms with E-state index in [4.69, 9.17) is 28.7 Å². The summed E-state index contributed by atoms with van der Waals surface area (Å²) in [4.78, 5) is 14.1. The lowest BCUT2D eigenvalue weighted by atomic mass is 10.3. The summed E-state index contributed by atoms with van der Waals surface area (Å²) in [5.41, 5.74) is -0.0316. The van der Waals surface area contributed by atoms with Gasteiger partial charge in [0.1, 0.15) is 5.69 Å². The third-order valence-corrected chi connectivity index (χ3v) is 1.54. The van der Waals surface area contributed by atoms with E-state index in [1.54, 1.807) is 6.07 Å². The molecule has 1 rings (SSSR count). The van der Waals surface area contributed by atoms with Crippen LogP contribution in [0, 0.1) is 0 Å². The number of aromatic carboxylic acids is 1. The molecule has 0 aliphatic rings. The highest BCUT2D eigenvalue weighted by molar-refractivity contribution is 6.49. The number of carboxylic acid groups (broad SMARTS) is 1. The van der Waals surface area contributed by atoms with Crippen LogP contribution in [0.1, 0.15) is 10.5 Å². The van der Waals surface area contributed by atoms with Crippen molar-refractivity contribution in [2.24, 2.45) is 0 Å². The van der Waals surface area contributed by atoms with Gasteiger partial charge in [0.05, 0.1) is 0 Å². The van der Waals surface area contributed by atoms with Gasteiger partial charge in [0.2, 0.25) is 0 Å². The van der Waals surface area contributed by atoms with E-state index in [2.05, 4.69) is 4.98 Å². The van der Waals surface area contributed by atoms with Gasteiger partial charge in [-0.3, -0.25) is 0 Å². The second-order valence-electron chi connectivity index (χ2n) is 1.91. The molecule has 1 aromatic rings. The second kappa shape index (κ2) is 3.60. The summed E-state index contributed by atoms with van der Waals surface area (Å²) in [6.45, 7) is 0. The average molecular weight is 207 g/mol. The molecule has 0 atom stereocenters. The molecule has 6 heteroatoms. The van der Waals surface area contributed by atoms with Crippen molar-refractivity contribution >= 4 is 35.2 Å². The van der Waals surface area contributed by atoms with Crippen LogP contribution >= 0.6 is 23.6 Å². The van der Waals surface area contributed by atoms with Crippen molar-refractivity contribution in [3.8, 4) is 0 Å². The molecule has 0 spiro atoms. The maximum Gasteiger partial charge on any atom is 0.356 e. The number of aromatic nitrogens is 1. The zero-order chi connectivity index (χ0) is 9.14. The first kappa shape index (κ1) is 9.09. The summed E-state index contributed by atoms with van der Waals surface area (Å²) < 4.78 is 0.663. The van der Waals surface area contributed by atoms with Crippen molar-refractivity contribution in [1.29, 1.82) is 0 Å². The Morgan fingerprint density at radius 1 is 1.58 bits per heavy atom. The fourth-order valence-electron chi connectivity index (χ4n) is 0.698. The molecule has 0 fully saturated rings. The van der Waals surface area contributed by atoms with Crippen LogP contribution in [0.15, 0.2) is 18.3 Å². The minimum atomic E-state index is -1.17. The van der Waals surface area contributed by atoms with Gasteiger partial charge in [0.15, 0.2) is 5.69 Å². The van der Waals surface area contributed by atoms with Crippen molar-refractivity contribution in [1.82, 2.24) is 4.98 Å². The van der Waals surface area contributed by atoms with E-state index in [1.165, 1.54) is 12.3 Å². The standard InChI is InChI=1S/C6H4Cl2N2O2/c7-10(8)4-2-1-3-9-5(4)6(11)12/h1-3H,(H,11,12). The number of halogens is 2. The minimum Gasteiger partial charge on any atom is -0.476 e. The Kier molecular flexibility index (Phi) is 2.73. The number of carbonyl (C=O) groups is 1. The summed E-state index contributed by atoms with van der Waals surface area (Å²) in [6, 6.07) is 3.00. The lowest BCUT2D eigenvalue weighted by Crippen LogP contribution is -2.06. The number of carboxylic acids is 1. The molecule has 0 saturated carbocycles. The minimum absolute atomic E-state index is 0.147. The number of rotatable bonds is 2. The number of hydrogen-bond donors (Lipinski definition) is 1. The Bertz CT molecular complexity index is 303. The number of nitrogens with zero attached hydrogens (tertiary/aromatic N) is 2. The molecule has 0 radical (unpaired) electrons. The first-order chi connectivity index (χ1) is 5.63. The Morgan fingerprint density at radius 3 is 2.67 bits per heavy atom. The van der Waals surface area contributed by atoms with Crippen LogP contribution in [-0.4, -0.2) is 16.1 Å². The molecule has 12 heavy (non-hydrogen) atoms. The van der Waals surface area contributed by atoms with Crippen LogP contribution in [-0.2, 0) is 0 Å². The predicted molar refractivity (Wildman–Crippen MR) is 45.4 cm³/mol. The summed E-state index contributed by atoms with van der Waals surface area (Å²) in [5.74, 6) is -1.17. The monoisotopic (exact) mass is 206 g/mol. The zero-order valence-corrected chi connectivity index (χ0v) is 7.25. The molecule has 0 aromatic carbocycles. The highest BCUT2D eigenvalue weighted by atomic mass is 35.5. The molecule has 64 valence electrons. The van der Waals surface area contributed by atoms with Crippen LogP contribution in [0.3, 0.4) is 0 Å². The van der Waals surface area contributed by atoms with Crippen molar-refractivity contribution in [3.63, 3.8) is 0 Å². The average Bonchev–Trinajstić information content (AvgIpc) is 2.04. The van der Waals surface area contributed by atoms with Gasteiger partial charge in [-0.2, -0.15) is 3.94 Å². The quantitative estimate of drug-likeness (QED) is 0.752. The molecule has 0 aliphatic carbocycles. The molecule has 4 nitrogen and oxygen atoms in total. The number of hydrogen-bond acceptors (Lipinski definition) is 3. The molecular formula is C6H4Cl2N2O2. The van der Waals surface area contributed by atoms with Gasteiger partial charge in [-0.1, -0.05) is 0 Å². The lowest BCUT2D eigenvalue weighted by molar-refractivity contribution is 0.0691. The van der Waals surface area contributed by atoms with Crippen molar-refractivity contribution in [2.75, 3.05) is 3.94 Å². The summed E-state index contributed by atoms with van der Waals surface area (Å²) >= 11 is 10.7. The summed E-state index contributed by atoms with van der Waals surface area (Å²) in [7, 11) is 0. The third kappa shape index (κ3) is 1.78. The van der Waals surface area contributed by atoms with Crippen LogP contribution in [0.25, 0.3) is 0 Å². The lowest BCUT2D eigenvalue weighted by Gasteiger charge is -2.06. The normalized spacial score (nSPS) is 9.50. The van der Waals surface area contributed by atoms with E-state index in [-0.39, 0.29) is 11.4 Å². The molecule has 1 aromatic heterocycles. The summed E-state index contributed by atoms with van der Waals surface area (Å²) in [6.07, 6.45) is 1.35. The highest BCUT2D eigenvalue weighted by Crippen LogP contribution is 2.21. The van der Waals surface area contributed by atoms with Gasteiger partial charge < -0.3 is 5.11 Å². The van der Waals surface area contributed by atoms with Gasteiger partial charge >= 0.3 is 5.97 Å². The van der Waals surface area contributed by atoms with Crippen LogP contribution in [0.2, 0.25) is 0 Å². The number of pyridine rings is 1. The van der Waals surface area contributed by atoms with Crippen molar-refractivity contribution < 1.29 is 9.90 Å². The highest BCUT2D eigenvalue weighted by Gasteiger charge is 2.13. The maximum absolute atomic E-state index is 10.5. The van der Waals surface area contributed by atoms with Gasteiger partial charge in [-0.05, 0) is 12.1 Å². The smallest absolute Gasteiger partial charge is 0.356 e. The van der Waals surface area contributed by atoms with Gasteiger partial charge in [0.25, 0.3) is 0 Å². The van der Waals surface area contributed by atoms with E-state index >= 15 is 0 Å². The third-order valence-electron chi connectivity index (χ3n) is 1.17. The molecule has 1 heterocycles. The molecule has 0 saturated heterocycles. The Morgan fingerprint density at radius 2 is 2.25 bits per heavy atom. The van der Waals surface area contributed by atoms with E-state index in [9.17, 15) is 4.79 Å². The second-order valence-corrected chi connectivity index (χ2v) is 2.76. The van der Waals surface area contributed by atoms with Gasteiger partial charge in [-0.15, -0.1) is 0 Å². The summed E-state index contributed by atoms with van der Waals surface area (Å²) in [5, 5.41) is 8.61. The van der Waals surface area contributed by atoms with Crippen LogP contribution in [0.4, 0.5) is 5.69 Å². The fourth-order valence-corrected chi connectivity index (χ4v) is 0.971. The fraction of sp³-hybridized carbons (Fsp3) is 0. The van der Waals surface area contributed by atoms with Crippen LogP contribution in [0.5, 0.6) is 0 Å². The SMILES string of the molecule is O=C(O)c1ncccc1N(Cl)Cl. The molecule has 0 aliphatic heterocycles. The van der Waals surface area contributed by atoms with E-state index in [0.29, 0.717) is 3.94 Å². The van der Waals surface area contributed by atoms with Crippen LogP contribution < -0.4 is 3.94 Å². The topological polar surface area (TPSA) is 53.4 Å². The van der Waals surface area contributed by atoms with Crippen molar-refractivity contribution in [2.45, 2.75) is 0 Å². The van der Waals surface area contributed by atoms with E-state index in [1.807, 2.05) is 0 Å². The molecule has 1 N–H and O–H groups in total. The molecule has 0 unspecified atom stereocenters. The maximum atomic E-state index is 10.5. The molecule has 0 bridgehead atoms. The van der Waals surface area contributed by atoms with E-state index in [0.717, 1.165) is 0 Å². The first-order valence-corrected chi connectivity index (χ1v) is 3.60. The van der Waals surface area contributed by atoms with Gasteiger partial charge in [-0.25, -0.2) is 9.78 Å². The molecule has 0 amide bonds. The molecular weight excluding hydrogens is 203 g/mol. The first-order valence-electron chi connectivity index (χ1n) is 2.93. The van der Waals surface area contributed by atoms with Crippen molar-refractivity contribution in [3.05, 3.63) is 24.0 Å². The Hall–Kier alpha value is -1.000. The predicted octanol–water partition coefficient (Wildman–Crippen LogP) is 1.89. The van der Waals surface area contributed by atoms with E-state index < -0.39 is 5.97 Å². The number of anilines is 1. The zero-order valence-electron chi connectivity index (χ0n) is 5.74. The largest absolute Gasteiger partial charge is 0.476 e. The van der Waals surface area contributed by atoms with Gasteiger partial charge in [0, 0.05) is 29.8 Å². The Labute approximate surface area is 78.6 Å². The Balaban J connectivity index is 3.17.